The molecule has 7 nitrogen and oxygen atoms in total. The number of hydrogen-bond acceptors (Lipinski definition) is 4. The van der Waals surface area contributed by atoms with Gasteiger partial charge < -0.3 is 10.4 Å². The lowest BCUT2D eigenvalue weighted by Gasteiger charge is -2.16. The first-order valence-corrected chi connectivity index (χ1v) is 9.03. The largest absolute Gasteiger partial charge is 0.391 e. The predicted octanol–water partition coefficient (Wildman–Crippen LogP) is 1.91. The minimum atomic E-state index is -0.548. The van der Waals surface area contributed by atoms with Crippen LogP contribution in [0.3, 0.4) is 0 Å². The van der Waals surface area contributed by atoms with E-state index in [1.165, 1.54) is 0 Å². The van der Waals surface area contributed by atoms with Crippen LogP contribution in [0, 0.1) is 5.92 Å². The molecule has 4 rings (SSSR count). The highest BCUT2D eigenvalue weighted by Crippen LogP contribution is 2.28. The summed E-state index contributed by atoms with van der Waals surface area (Å²) in [6.45, 7) is 0.682. The number of aromatic amines is 1. The molecular weight excluding hydrogens is 354 g/mol. The number of amides is 1. The number of carbonyl (C=O) groups excluding carboxylic acids is 1. The zero-order valence-corrected chi connectivity index (χ0v) is 14.9. The highest BCUT2D eigenvalue weighted by Gasteiger charge is 2.34. The van der Waals surface area contributed by atoms with Crippen molar-refractivity contribution >= 4 is 28.4 Å². The third-order valence-corrected chi connectivity index (χ3v) is 5.09. The number of fused-ring (bicyclic) bond motifs is 1. The molecule has 2 heterocycles. The van der Waals surface area contributed by atoms with Crippen molar-refractivity contribution in [2.45, 2.75) is 38.0 Å². The maximum atomic E-state index is 12.4. The summed E-state index contributed by atoms with van der Waals surface area (Å²) >= 11 is 5.88. The van der Waals surface area contributed by atoms with E-state index in [9.17, 15) is 9.90 Å². The molecule has 1 aliphatic carbocycles. The van der Waals surface area contributed by atoms with Crippen molar-refractivity contribution in [3.8, 4) is 0 Å². The molecule has 1 saturated carbocycles. The number of aliphatic hydroxyl groups excluding tert-OH is 1. The molecule has 0 bridgehead atoms. The van der Waals surface area contributed by atoms with Crippen molar-refractivity contribution in [1.29, 1.82) is 0 Å². The summed E-state index contributed by atoms with van der Waals surface area (Å²) in [6, 6.07) is 7.44. The van der Waals surface area contributed by atoms with Crippen LogP contribution in [0.25, 0.3) is 10.9 Å². The minimum absolute atomic E-state index is 0.119. The van der Waals surface area contributed by atoms with Gasteiger partial charge in [0, 0.05) is 18.1 Å². The molecule has 1 amide bonds. The molecule has 3 atom stereocenters. The van der Waals surface area contributed by atoms with Crippen LogP contribution in [0.15, 0.2) is 36.7 Å². The van der Waals surface area contributed by atoms with Gasteiger partial charge in [0.15, 0.2) is 0 Å². The van der Waals surface area contributed by atoms with Crippen LogP contribution >= 0.6 is 11.6 Å². The van der Waals surface area contributed by atoms with Crippen LogP contribution < -0.4 is 5.32 Å². The summed E-state index contributed by atoms with van der Waals surface area (Å²) in [6.07, 6.45) is 4.38. The Balaban J connectivity index is 1.35. The highest BCUT2D eigenvalue weighted by atomic mass is 35.5. The summed E-state index contributed by atoms with van der Waals surface area (Å²) in [5, 5.41) is 26.1. The van der Waals surface area contributed by atoms with Crippen LogP contribution in [-0.4, -0.2) is 43.1 Å². The van der Waals surface area contributed by atoms with E-state index in [1.54, 1.807) is 17.1 Å². The van der Waals surface area contributed by atoms with Gasteiger partial charge in [-0.25, -0.2) is 0 Å². The molecule has 1 unspecified atom stereocenters. The zero-order valence-electron chi connectivity index (χ0n) is 14.1. The summed E-state index contributed by atoms with van der Waals surface area (Å²) in [7, 11) is 0. The summed E-state index contributed by atoms with van der Waals surface area (Å²) in [4.78, 5) is 12.4. The second-order valence-electron chi connectivity index (χ2n) is 6.86. The van der Waals surface area contributed by atoms with Gasteiger partial charge in [0.25, 0.3) is 0 Å². The molecule has 3 aromatic rings. The smallest absolute Gasteiger partial charge is 0.226 e. The van der Waals surface area contributed by atoms with Gasteiger partial charge in [0.2, 0.25) is 5.91 Å². The third kappa shape index (κ3) is 3.59. The second-order valence-corrected chi connectivity index (χ2v) is 7.29. The van der Waals surface area contributed by atoms with Crippen molar-refractivity contribution in [2.24, 2.45) is 5.92 Å². The number of carbonyl (C=O) groups is 1. The van der Waals surface area contributed by atoms with E-state index in [0.29, 0.717) is 24.4 Å². The van der Waals surface area contributed by atoms with Crippen molar-refractivity contribution in [3.05, 3.63) is 47.4 Å². The van der Waals surface area contributed by atoms with Crippen LogP contribution in [0.4, 0.5) is 0 Å². The van der Waals surface area contributed by atoms with E-state index in [4.69, 9.17) is 11.6 Å². The van der Waals surface area contributed by atoms with Gasteiger partial charge >= 0.3 is 0 Å². The third-order valence-electron chi connectivity index (χ3n) is 4.90. The van der Waals surface area contributed by atoms with Gasteiger partial charge in [-0.2, -0.15) is 10.2 Å². The lowest BCUT2D eigenvalue weighted by molar-refractivity contribution is -0.121. The number of H-pyrrole nitrogens is 1. The molecule has 1 aromatic carbocycles. The van der Waals surface area contributed by atoms with Gasteiger partial charge in [-0.1, -0.05) is 29.8 Å². The monoisotopic (exact) mass is 373 g/mol. The number of nitrogens with one attached hydrogen (secondary N) is 2. The molecule has 3 N–H and O–H groups in total. The number of hydrogen-bond donors (Lipinski definition) is 3. The van der Waals surface area contributed by atoms with Crippen LogP contribution in [0.5, 0.6) is 0 Å². The Kier molecular flexibility index (Phi) is 4.65. The Morgan fingerprint density at radius 2 is 2.23 bits per heavy atom. The summed E-state index contributed by atoms with van der Waals surface area (Å²) in [5.74, 6) is 0.130. The molecule has 0 aliphatic heterocycles. The van der Waals surface area contributed by atoms with Crippen LogP contribution in [-0.2, 0) is 17.8 Å². The Morgan fingerprint density at radius 3 is 3.04 bits per heavy atom. The zero-order chi connectivity index (χ0) is 18.1. The van der Waals surface area contributed by atoms with Crippen molar-refractivity contribution in [2.75, 3.05) is 0 Å². The average Bonchev–Trinajstić information content (AvgIpc) is 3.29. The quantitative estimate of drug-likeness (QED) is 0.636. The fraction of sp³-hybridized carbons (Fsp3) is 0.389. The number of aromatic nitrogens is 4. The summed E-state index contributed by atoms with van der Waals surface area (Å²) in [5.41, 5.74) is 1.63. The van der Waals surface area contributed by atoms with E-state index in [-0.39, 0.29) is 24.3 Å². The van der Waals surface area contributed by atoms with Gasteiger partial charge in [-0.3, -0.25) is 14.6 Å². The topological polar surface area (TPSA) is 95.8 Å². The Labute approximate surface area is 155 Å². The fourth-order valence-electron chi connectivity index (χ4n) is 3.69. The Hall–Kier alpha value is -2.38. The van der Waals surface area contributed by atoms with Crippen LogP contribution in [0.2, 0.25) is 5.02 Å². The number of nitrogens with zero attached hydrogens (tertiary/aromatic N) is 3. The van der Waals surface area contributed by atoms with E-state index < -0.39 is 6.10 Å². The molecule has 26 heavy (non-hydrogen) atoms. The van der Waals surface area contributed by atoms with Crippen molar-refractivity contribution in [1.82, 2.24) is 25.3 Å². The Bertz CT molecular complexity index is 921. The van der Waals surface area contributed by atoms with Crippen molar-refractivity contribution < 1.29 is 9.90 Å². The Morgan fingerprint density at radius 1 is 1.38 bits per heavy atom. The molecule has 136 valence electrons. The lowest BCUT2D eigenvalue weighted by Crippen LogP contribution is -2.40. The van der Waals surface area contributed by atoms with Gasteiger partial charge in [0.1, 0.15) is 0 Å². The van der Waals surface area contributed by atoms with E-state index in [2.05, 4.69) is 20.6 Å². The molecular formula is C18H20ClN5O2. The molecule has 1 aliphatic rings. The molecule has 0 saturated heterocycles. The minimum Gasteiger partial charge on any atom is -0.391 e. The normalized spacial score (nSPS) is 22.8. The molecule has 1 fully saturated rings. The first kappa shape index (κ1) is 17.1. The second kappa shape index (κ2) is 7.09. The average molecular weight is 374 g/mol. The number of para-hydroxylation sites is 1. The molecule has 0 radical (unpaired) electrons. The number of halogens is 1. The maximum Gasteiger partial charge on any atom is 0.226 e. The summed E-state index contributed by atoms with van der Waals surface area (Å²) < 4.78 is 1.78. The molecule has 0 spiro atoms. The maximum absolute atomic E-state index is 12.4. The highest BCUT2D eigenvalue weighted by molar-refractivity contribution is 6.30. The lowest BCUT2D eigenvalue weighted by atomic mass is 10.1. The van der Waals surface area contributed by atoms with E-state index in [0.717, 1.165) is 16.6 Å². The number of benzene rings is 1. The number of aliphatic hydroxyl groups is 1. The van der Waals surface area contributed by atoms with Crippen LogP contribution in [0.1, 0.15) is 18.5 Å². The predicted molar refractivity (Wildman–Crippen MR) is 97.7 cm³/mol. The number of rotatable bonds is 5. The van der Waals surface area contributed by atoms with Crippen molar-refractivity contribution in [3.63, 3.8) is 0 Å². The van der Waals surface area contributed by atoms with Gasteiger partial charge in [-0.15, -0.1) is 0 Å². The fourth-order valence-corrected chi connectivity index (χ4v) is 3.85. The van der Waals surface area contributed by atoms with E-state index in [1.807, 2.05) is 24.3 Å². The standard InChI is InChI=1S/C18H20ClN5O2/c19-12-8-20-24(10-12)9-11-5-16(17(25)6-11)21-18(26)7-15-13-3-1-2-4-14(13)22-23-15/h1-4,8,10-11,16-17,25H,5-7,9H2,(H,21,26)(H,22,23)/t11?,16-,17-/m1/s1. The first-order chi connectivity index (χ1) is 12.6. The van der Waals surface area contributed by atoms with E-state index >= 15 is 0 Å². The first-order valence-electron chi connectivity index (χ1n) is 8.66. The van der Waals surface area contributed by atoms with Gasteiger partial charge in [0.05, 0.1) is 41.0 Å². The molecule has 2 aromatic heterocycles. The molecule has 8 heteroatoms. The SMILES string of the molecule is O=C(Cc1[nH]nc2ccccc12)N[C@@H]1CC(Cn2cc(Cl)cn2)C[C@H]1O. The van der Waals surface area contributed by atoms with Gasteiger partial charge in [-0.05, 0) is 24.8 Å².